The molecule has 0 saturated carbocycles. The second kappa shape index (κ2) is 4.77. The highest BCUT2D eigenvalue weighted by atomic mass is 35.5. The summed E-state index contributed by atoms with van der Waals surface area (Å²) in [6, 6.07) is 4.00. The second-order valence-corrected chi connectivity index (χ2v) is 5.96. The van der Waals surface area contributed by atoms with Gasteiger partial charge < -0.3 is 4.90 Å². The van der Waals surface area contributed by atoms with E-state index in [0.717, 1.165) is 36.6 Å². The fourth-order valence-electron chi connectivity index (χ4n) is 3.13. The highest BCUT2D eigenvalue weighted by Gasteiger charge is 2.23. The van der Waals surface area contributed by atoms with Gasteiger partial charge in [-0.15, -0.1) is 0 Å². The van der Waals surface area contributed by atoms with E-state index in [4.69, 9.17) is 11.6 Å². The van der Waals surface area contributed by atoms with Crippen LogP contribution in [0.25, 0.3) is 0 Å². The number of benzene rings is 1. The molecule has 1 aromatic heterocycles. The van der Waals surface area contributed by atoms with Gasteiger partial charge in [-0.25, -0.2) is 0 Å². The molecule has 3 heterocycles. The minimum absolute atomic E-state index is 0.741. The van der Waals surface area contributed by atoms with Crippen LogP contribution >= 0.6 is 11.6 Å². The molecule has 5 nitrogen and oxygen atoms in total. The summed E-state index contributed by atoms with van der Waals surface area (Å²) in [4.78, 5) is 2.38. The Hall–Kier alpha value is -2.01. The standard InChI is InChI=1S/C15H16ClN5/c1-20-8-10-9-21(5-3-13(10)19-20)15-7-11(16)6-14-12(15)2-4-17-18-14/h4,6-8,18H,2-3,5,9H2,1H3. The van der Waals surface area contributed by atoms with Crippen LogP contribution in [-0.2, 0) is 26.4 Å². The summed E-state index contributed by atoms with van der Waals surface area (Å²) in [6.07, 6.45) is 5.82. The Morgan fingerprint density at radius 2 is 2.24 bits per heavy atom. The van der Waals surface area contributed by atoms with E-state index in [0.29, 0.717) is 0 Å². The third kappa shape index (κ3) is 2.17. The van der Waals surface area contributed by atoms with E-state index in [9.17, 15) is 0 Å². The van der Waals surface area contributed by atoms with Crippen LogP contribution in [0.3, 0.4) is 0 Å². The summed E-state index contributed by atoms with van der Waals surface area (Å²) < 4.78 is 1.90. The smallest absolute Gasteiger partial charge is 0.0692 e. The molecule has 6 heteroatoms. The summed E-state index contributed by atoms with van der Waals surface area (Å²) in [7, 11) is 1.98. The molecule has 0 radical (unpaired) electrons. The first-order chi connectivity index (χ1) is 10.2. The second-order valence-electron chi connectivity index (χ2n) is 5.52. The minimum atomic E-state index is 0.741. The molecule has 0 atom stereocenters. The number of halogens is 1. The lowest BCUT2D eigenvalue weighted by atomic mass is 10.0. The number of rotatable bonds is 1. The molecule has 1 N–H and O–H groups in total. The first-order valence-electron chi connectivity index (χ1n) is 7.07. The van der Waals surface area contributed by atoms with Crippen molar-refractivity contribution in [3.8, 4) is 0 Å². The third-order valence-electron chi connectivity index (χ3n) is 4.08. The molecular formula is C15H16ClN5. The maximum absolute atomic E-state index is 6.27. The molecule has 0 spiro atoms. The van der Waals surface area contributed by atoms with Crippen LogP contribution in [0.4, 0.5) is 11.4 Å². The summed E-state index contributed by atoms with van der Waals surface area (Å²) in [5.74, 6) is 0. The molecule has 2 aliphatic rings. The average molecular weight is 302 g/mol. The number of hydrogen-bond donors (Lipinski definition) is 1. The lowest BCUT2D eigenvalue weighted by molar-refractivity contribution is 0.700. The minimum Gasteiger partial charge on any atom is -0.366 e. The summed E-state index contributed by atoms with van der Waals surface area (Å²) in [5.41, 5.74) is 9.04. The van der Waals surface area contributed by atoms with E-state index in [-0.39, 0.29) is 0 Å². The van der Waals surface area contributed by atoms with Gasteiger partial charge in [0.15, 0.2) is 0 Å². The van der Waals surface area contributed by atoms with Gasteiger partial charge in [-0.2, -0.15) is 10.2 Å². The van der Waals surface area contributed by atoms with Crippen LogP contribution in [0.5, 0.6) is 0 Å². The summed E-state index contributed by atoms with van der Waals surface area (Å²) in [6.45, 7) is 1.85. The zero-order valence-corrected chi connectivity index (χ0v) is 12.6. The molecule has 21 heavy (non-hydrogen) atoms. The maximum atomic E-state index is 6.27. The number of hydrazone groups is 1. The van der Waals surface area contributed by atoms with Crippen molar-refractivity contribution >= 4 is 29.2 Å². The first-order valence-corrected chi connectivity index (χ1v) is 7.45. The van der Waals surface area contributed by atoms with E-state index in [1.165, 1.54) is 22.5 Å². The van der Waals surface area contributed by atoms with Crippen molar-refractivity contribution in [3.63, 3.8) is 0 Å². The Morgan fingerprint density at radius 1 is 1.33 bits per heavy atom. The average Bonchev–Trinajstić information content (AvgIpc) is 2.85. The van der Waals surface area contributed by atoms with Crippen LogP contribution < -0.4 is 10.3 Å². The number of nitrogens with zero attached hydrogens (tertiary/aromatic N) is 4. The van der Waals surface area contributed by atoms with E-state index < -0.39 is 0 Å². The Morgan fingerprint density at radius 3 is 3.14 bits per heavy atom. The molecule has 0 bridgehead atoms. The highest BCUT2D eigenvalue weighted by molar-refractivity contribution is 6.31. The van der Waals surface area contributed by atoms with Gasteiger partial charge in [0.1, 0.15) is 0 Å². The van der Waals surface area contributed by atoms with Crippen molar-refractivity contribution in [2.75, 3.05) is 16.9 Å². The summed E-state index contributed by atoms with van der Waals surface area (Å²) in [5, 5.41) is 9.38. The zero-order valence-electron chi connectivity index (χ0n) is 11.8. The van der Waals surface area contributed by atoms with Gasteiger partial charge in [-0.05, 0) is 12.1 Å². The molecule has 1 aromatic carbocycles. The molecule has 108 valence electrons. The van der Waals surface area contributed by atoms with Crippen LogP contribution in [0.2, 0.25) is 5.02 Å². The Labute approximate surface area is 128 Å². The molecule has 2 aliphatic heterocycles. The van der Waals surface area contributed by atoms with Gasteiger partial charge >= 0.3 is 0 Å². The zero-order chi connectivity index (χ0) is 14.4. The third-order valence-corrected chi connectivity index (χ3v) is 4.29. The fraction of sp³-hybridized carbons (Fsp3) is 0.333. The van der Waals surface area contributed by atoms with Crippen molar-refractivity contribution in [2.45, 2.75) is 19.4 Å². The molecule has 0 saturated heterocycles. The van der Waals surface area contributed by atoms with Crippen molar-refractivity contribution in [2.24, 2.45) is 12.1 Å². The largest absolute Gasteiger partial charge is 0.366 e. The highest BCUT2D eigenvalue weighted by Crippen LogP contribution is 2.35. The van der Waals surface area contributed by atoms with Crippen LogP contribution in [0, 0.1) is 0 Å². The number of aromatic nitrogens is 2. The van der Waals surface area contributed by atoms with E-state index in [1.54, 1.807) is 0 Å². The van der Waals surface area contributed by atoms with E-state index in [2.05, 4.69) is 32.8 Å². The Bertz CT molecular complexity index is 734. The normalized spacial score (nSPS) is 16.4. The molecule has 4 rings (SSSR count). The Kier molecular flexibility index (Phi) is 2.89. The maximum Gasteiger partial charge on any atom is 0.0692 e. The number of nitrogens with one attached hydrogen (secondary N) is 1. The predicted molar refractivity (Wildman–Crippen MR) is 85.2 cm³/mol. The molecule has 2 aromatic rings. The SMILES string of the molecule is Cn1cc2c(n1)CCN(c1cc(Cl)cc3c1CC=NN3)C2. The van der Waals surface area contributed by atoms with Gasteiger partial charge in [-0.3, -0.25) is 10.1 Å². The monoisotopic (exact) mass is 301 g/mol. The van der Waals surface area contributed by atoms with Crippen LogP contribution in [0.1, 0.15) is 16.8 Å². The first kappa shape index (κ1) is 12.7. The predicted octanol–water partition coefficient (Wildman–Crippen LogP) is 2.59. The van der Waals surface area contributed by atoms with Crippen molar-refractivity contribution in [3.05, 3.63) is 40.2 Å². The topological polar surface area (TPSA) is 45.5 Å². The van der Waals surface area contributed by atoms with Crippen molar-refractivity contribution in [1.82, 2.24) is 9.78 Å². The van der Waals surface area contributed by atoms with Gasteiger partial charge in [0.2, 0.25) is 0 Å². The number of fused-ring (bicyclic) bond motifs is 2. The van der Waals surface area contributed by atoms with Crippen molar-refractivity contribution < 1.29 is 0 Å². The van der Waals surface area contributed by atoms with Crippen LogP contribution in [-0.4, -0.2) is 22.5 Å². The summed E-state index contributed by atoms with van der Waals surface area (Å²) >= 11 is 6.27. The lowest BCUT2D eigenvalue weighted by Crippen LogP contribution is -2.31. The number of hydrogen-bond acceptors (Lipinski definition) is 4. The van der Waals surface area contributed by atoms with Gasteiger partial charge in [0, 0.05) is 67.2 Å². The quantitative estimate of drug-likeness (QED) is 0.880. The molecule has 0 unspecified atom stereocenters. The molecule has 0 fully saturated rings. The fourth-order valence-corrected chi connectivity index (χ4v) is 3.34. The van der Waals surface area contributed by atoms with Crippen LogP contribution in [0.15, 0.2) is 23.4 Å². The molecular weight excluding hydrogens is 286 g/mol. The number of aryl methyl sites for hydroxylation is 1. The Balaban J connectivity index is 1.73. The molecule has 0 aliphatic carbocycles. The van der Waals surface area contributed by atoms with Gasteiger partial charge in [-0.1, -0.05) is 11.6 Å². The number of anilines is 2. The van der Waals surface area contributed by atoms with Gasteiger partial charge in [0.05, 0.1) is 11.4 Å². The lowest BCUT2D eigenvalue weighted by Gasteiger charge is -2.31. The molecule has 0 amide bonds. The van der Waals surface area contributed by atoms with E-state index >= 15 is 0 Å². The van der Waals surface area contributed by atoms with Crippen molar-refractivity contribution in [1.29, 1.82) is 0 Å². The van der Waals surface area contributed by atoms with Gasteiger partial charge in [0.25, 0.3) is 0 Å². The van der Waals surface area contributed by atoms with E-state index in [1.807, 2.05) is 24.0 Å².